The molecule has 1 aliphatic rings. The molecule has 5 rings (SSSR count). The Hall–Kier alpha value is -2.88. The molecule has 8 bridgehead atoms. The highest BCUT2D eigenvalue weighted by molar-refractivity contribution is 5.39. The number of hydrogen-bond acceptors (Lipinski definition) is 4. The molecule has 0 N–H and O–H groups in total. The first-order valence-electron chi connectivity index (χ1n) is 15.5. The van der Waals surface area contributed by atoms with Gasteiger partial charge in [-0.15, -0.1) is 0 Å². The van der Waals surface area contributed by atoms with E-state index in [1.54, 1.807) is 0 Å². The molecule has 4 aromatic heterocycles. The Labute approximate surface area is 240 Å². The molecule has 5 heterocycles. The van der Waals surface area contributed by atoms with Gasteiger partial charge in [0.05, 0.1) is 21.7 Å². The highest BCUT2D eigenvalue weighted by Crippen LogP contribution is 2.49. The molecule has 0 fully saturated rings. The van der Waals surface area contributed by atoms with Gasteiger partial charge in [-0.05, 0) is 102 Å². The molecule has 216 valence electrons. The second-order valence-corrected chi connectivity index (χ2v) is 13.1. The predicted molar refractivity (Wildman–Crippen MR) is 160 cm³/mol. The molecule has 4 aromatic rings. The maximum atomic E-state index is 6.84. The summed E-state index contributed by atoms with van der Waals surface area (Å²) in [6, 6.07) is 17.3. The third-order valence-electron chi connectivity index (χ3n) is 9.48. The van der Waals surface area contributed by atoms with E-state index >= 15 is 0 Å². The highest BCUT2D eigenvalue weighted by Gasteiger charge is 2.45. The summed E-state index contributed by atoms with van der Waals surface area (Å²) in [7, 11) is 0. The van der Waals surface area contributed by atoms with E-state index < -0.39 is 10.8 Å². The van der Waals surface area contributed by atoms with Crippen LogP contribution in [0.1, 0.15) is 153 Å². The lowest BCUT2D eigenvalue weighted by Gasteiger charge is -2.31. The maximum absolute atomic E-state index is 6.84. The van der Waals surface area contributed by atoms with Crippen LogP contribution in [-0.2, 0) is 21.7 Å². The van der Waals surface area contributed by atoms with Gasteiger partial charge < -0.3 is 17.7 Å². The summed E-state index contributed by atoms with van der Waals surface area (Å²) in [4.78, 5) is 0. The second-order valence-electron chi connectivity index (χ2n) is 13.1. The van der Waals surface area contributed by atoms with E-state index in [-0.39, 0.29) is 10.8 Å². The lowest BCUT2D eigenvalue weighted by molar-refractivity contribution is 0.231. The maximum Gasteiger partial charge on any atom is 0.117 e. The van der Waals surface area contributed by atoms with Crippen molar-refractivity contribution in [3.05, 3.63) is 94.6 Å². The quantitative estimate of drug-likeness (QED) is 0.221. The summed E-state index contributed by atoms with van der Waals surface area (Å²) in [5, 5.41) is 0. The molecule has 0 aliphatic carbocycles. The normalized spacial score (nSPS) is 18.6. The molecule has 0 aromatic carbocycles. The lowest BCUT2D eigenvalue weighted by Crippen LogP contribution is -2.28. The van der Waals surface area contributed by atoms with E-state index in [2.05, 4.69) is 104 Å². The third-order valence-corrected chi connectivity index (χ3v) is 9.48. The van der Waals surface area contributed by atoms with Gasteiger partial charge in [-0.3, -0.25) is 0 Å². The van der Waals surface area contributed by atoms with E-state index in [9.17, 15) is 0 Å². The second kappa shape index (κ2) is 10.5. The molecule has 0 unspecified atom stereocenters. The Bertz CT molecular complexity index is 1200. The van der Waals surface area contributed by atoms with Crippen molar-refractivity contribution in [3.63, 3.8) is 0 Å². The van der Waals surface area contributed by atoms with Gasteiger partial charge >= 0.3 is 0 Å². The Morgan fingerprint density at radius 3 is 0.775 bits per heavy atom. The van der Waals surface area contributed by atoms with Gasteiger partial charge in [-0.1, -0.05) is 53.4 Å². The van der Waals surface area contributed by atoms with Crippen LogP contribution in [0.4, 0.5) is 0 Å². The largest absolute Gasteiger partial charge is 0.464 e. The average Bonchev–Trinajstić information content (AvgIpc) is 3.74. The molecule has 0 spiro atoms. The average molecular weight is 545 g/mol. The van der Waals surface area contributed by atoms with Crippen LogP contribution in [0, 0.1) is 0 Å². The zero-order chi connectivity index (χ0) is 28.8. The van der Waals surface area contributed by atoms with E-state index in [0.29, 0.717) is 0 Å². The standard InChI is InChI=1S/C36H48O4/c1-9-21-35(22-10-2)29-17-13-25(37-29)33(5,6)27-15-19-31(39-27)36(23-11-3,24-12-4)32-20-16-28(40-32)34(7,8)26-14-18-30(35)38-26/h13-20H,9-12,21-24H2,1-8H3. The molecule has 4 heteroatoms. The summed E-state index contributed by atoms with van der Waals surface area (Å²) in [5.41, 5.74) is -1.54. The Morgan fingerprint density at radius 2 is 0.575 bits per heavy atom. The van der Waals surface area contributed by atoms with E-state index in [1.165, 1.54) is 0 Å². The Kier molecular flexibility index (Phi) is 7.52. The minimum Gasteiger partial charge on any atom is -0.464 e. The Balaban J connectivity index is 1.80. The third kappa shape index (κ3) is 4.33. The van der Waals surface area contributed by atoms with Crippen LogP contribution in [-0.4, -0.2) is 0 Å². The zero-order valence-electron chi connectivity index (χ0n) is 25.9. The molecule has 0 saturated heterocycles. The van der Waals surface area contributed by atoms with Crippen molar-refractivity contribution in [2.24, 2.45) is 0 Å². The summed E-state index contributed by atoms with van der Waals surface area (Å²) >= 11 is 0. The van der Waals surface area contributed by atoms with E-state index in [4.69, 9.17) is 17.7 Å². The molecular weight excluding hydrogens is 496 g/mol. The van der Waals surface area contributed by atoms with Crippen LogP contribution in [0.5, 0.6) is 0 Å². The molecule has 40 heavy (non-hydrogen) atoms. The van der Waals surface area contributed by atoms with Crippen molar-refractivity contribution in [3.8, 4) is 0 Å². The first-order chi connectivity index (χ1) is 19.1. The first kappa shape index (κ1) is 28.6. The van der Waals surface area contributed by atoms with Gasteiger partial charge in [-0.25, -0.2) is 0 Å². The minimum atomic E-state index is -0.438. The fraction of sp³-hybridized carbons (Fsp3) is 0.556. The summed E-state index contributed by atoms with van der Waals surface area (Å²) in [5.74, 6) is 7.55. The van der Waals surface area contributed by atoms with Crippen LogP contribution in [0.2, 0.25) is 0 Å². The SMILES string of the molecule is CCCC1(CCC)c2ccc(o2)C(C)(C)c2ccc(o2)C(CCC)(CCC)c2ccc(o2)C(C)(C)c2ccc1o2. The molecular formula is C36H48O4. The zero-order valence-corrected chi connectivity index (χ0v) is 25.9. The van der Waals surface area contributed by atoms with Crippen molar-refractivity contribution in [2.75, 3.05) is 0 Å². The number of fused-ring (bicyclic) bond motifs is 8. The predicted octanol–water partition coefficient (Wildman–Crippen LogP) is 10.8. The molecule has 0 atom stereocenters. The minimum absolute atomic E-state index is 0.330. The summed E-state index contributed by atoms with van der Waals surface area (Å²) in [6.45, 7) is 17.8. The van der Waals surface area contributed by atoms with Crippen molar-refractivity contribution in [1.82, 2.24) is 0 Å². The smallest absolute Gasteiger partial charge is 0.117 e. The van der Waals surface area contributed by atoms with Crippen molar-refractivity contribution < 1.29 is 17.7 Å². The van der Waals surface area contributed by atoms with Gasteiger partial charge in [-0.2, -0.15) is 0 Å². The fourth-order valence-electron chi connectivity index (χ4n) is 7.15. The fourth-order valence-corrected chi connectivity index (χ4v) is 7.15. The number of rotatable bonds is 8. The van der Waals surface area contributed by atoms with Crippen molar-refractivity contribution >= 4 is 0 Å². The van der Waals surface area contributed by atoms with Crippen molar-refractivity contribution in [1.29, 1.82) is 0 Å². The first-order valence-corrected chi connectivity index (χ1v) is 15.5. The van der Waals surface area contributed by atoms with Crippen LogP contribution >= 0.6 is 0 Å². The van der Waals surface area contributed by atoms with E-state index in [1.807, 2.05) is 0 Å². The van der Waals surface area contributed by atoms with E-state index in [0.717, 1.165) is 97.4 Å². The topological polar surface area (TPSA) is 52.6 Å². The highest BCUT2D eigenvalue weighted by atomic mass is 16.4. The van der Waals surface area contributed by atoms with Crippen LogP contribution in [0.15, 0.2) is 66.2 Å². The lowest BCUT2D eigenvalue weighted by atomic mass is 9.75. The molecule has 0 amide bonds. The number of furan rings is 4. The summed E-state index contributed by atoms with van der Waals surface area (Å²) in [6.07, 6.45) is 7.92. The van der Waals surface area contributed by atoms with Gasteiger partial charge in [0.25, 0.3) is 0 Å². The molecule has 1 aliphatic heterocycles. The van der Waals surface area contributed by atoms with Crippen LogP contribution in [0.3, 0.4) is 0 Å². The Morgan fingerprint density at radius 1 is 0.375 bits per heavy atom. The molecule has 0 radical (unpaired) electrons. The monoisotopic (exact) mass is 544 g/mol. The molecule has 0 saturated carbocycles. The number of hydrogen-bond donors (Lipinski definition) is 0. The van der Waals surface area contributed by atoms with Gasteiger partial charge in [0, 0.05) is 0 Å². The van der Waals surface area contributed by atoms with Crippen LogP contribution in [0.25, 0.3) is 0 Å². The van der Waals surface area contributed by atoms with Gasteiger partial charge in [0.15, 0.2) is 0 Å². The molecule has 4 nitrogen and oxygen atoms in total. The van der Waals surface area contributed by atoms with Gasteiger partial charge in [0.1, 0.15) is 46.1 Å². The van der Waals surface area contributed by atoms with Crippen molar-refractivity contribution in [2.45, 2.75) is 128 Å². The van der Waals surface area contributed by atoms with Gasteiger partial charge in [0.2, 0.25) is 0 Å². The van der Waals surface area contributed by atoms with Crippen LogP contribution < -0.4 is 0 Å². The summed E-state index contributed by atoms with van der Waals surface area (Å²) < 4.78 is 27.4.